The van der Waals surface area contributed by atoms with E-state index in [0.29, 0.717) is 18.4 Å². The van der Waals surface area contributed by atoms with Gasteiger partial charge >= 0.3 is 0 Å². The summed E-state index contributed by atoms with van der Waals surface area (Å²) < 4.78 is 5.66. The number of Topliss-reactive ketones (excluding diaryl/α,β-unsaturated/α-hetero) is 1. The van der Waals surface area contributed by atoms with Crippen molar-refractivity contribution in [2.75, 3.05) is 26.2 Å². The van der Waals surface area contributed by atoms with Crippen molar-refractivity contribution in [3.63, 3.8) is 0 Å². The molecule has 2 rings (SSSR count). The maximum atomic E-state index is 11.2. The normalized spacial score (nSPS) is 30.6. The third-order valence-corrected chi connectivity index (χ3v) is 3.07. The Balaban J connectivity index is 1.75. The van der Waals surface area contributed by atoms with E-state index >= 15 is 0 Å². The first kappa shape index (κ1) is 10.1. The first-order valence-electron chi connectivity index (χ1n) is 5.70. The quantitative estimate of drug-likeness (QED) is 0.666. The molecule has 2 aliphatic heterocycles. The van der Waals surface area contributed by atoms with Crippen molar-refractivity contribution in [2.45, 2.75) is 38.2 Å². The molecule has 14 heavy (non-hydrogen) atoms. The minimum absolute atomic E-state index is 0.384. The summed E-state index contributed by atoms with van der Waals surface area (Å²) in [6.45, 7) is 3.60. The Morgan fingerprint density at radius 2 is 2.29 bits per heavy atom. The number of nitrogens with zero attached hydrogens (tertiary/aromatic N) is 1. The number of hydrogen-bond acceptors (Lipinski definition) is 3. The van der Waals surface area contributed by atoms with Crippen molar-refractivity contribution in [3.05, 3.63) is 0 Å². The third-order valence-electron chi connectivity index (χ3n) is 3.07. The van der Waals surface area contributed by atoms with E-state index in [1.165, 1.54) is 19.3 Å². The van der Waals surface area contributed by atoms with Crippen LogP contribution in [0.5, 0.6) is 0 Å². The van der Waals surface area contributed by atoms with Crippen LogP contribution in [0.15, 0.2) is 0 Å². The zero-order valence-electron chi connectivity index (χ0n) is 8.71. The number of piperidine rings is 1. The van der Waals surface area contributed by atoms with Crippen LogP contribution in [0.4, 0.5) is 0 Å². The molecule has 0 aromatic rings. The molecule has 0 amide bonds. The average molecular weight is 197 g/mol. The Labute approximate surface area is 85.4 Å². The number of carbonyl (C=O) groups excluding carboxylic acids is 1. The Bertz CT molecular complexity index is 199. The van der Waals surface area contributed by atoms with Gasteiger partial charge in [0.05, 0.1) is 12.6 Å². The number of ketones is 1. The predicted octanol–water partition coefficient (Wildman–Crippen LogP) is 1.22. The van der Waals surface area contributed by atoms with Crippen LogP contribution in [0.1, 0.15) is 32.1 Å². The van der Waals surface area contributed by atoms with E-state index in [1.54, 1.807) is 0 Å². The van der Waals surface area contributed by atoms with Gasteiger partial charge in [-0.2, -0.15) is 0 Å². The Morgan fingerprint density at radius 1 is 1.36 bits per heavy atom. The maximum absolute atomic E-state index is 11.2. The van der Waals surface area contributed by atoms with Gasteiger partial charge in [-0.1, -0.05) is 0 Å². The molecule has 3 heteroatoms. The van der Waals surface area contributed by atoms with Gasteiger partial charge in [-0.25, -0.2) is 0 Å². The standard InChI is InChI=1S/C11H19NO2/c13-10-4-3-6-12(8-10)9-11-5-1-2-7-14-11/h11H,1-9H2. The van der Waals surface area contributed by atoms with Gasteiger partial charge in [0.2, 0.25) is 0 Å². The van der Waals surface area contributed by atoms with E-state index in [-0.39, 0.29) is 0 Å². The maximum Gasteiger partial charge on any atom is 0.146 e. The van der Waals surface area contributed by atoms with Gasteiger partial charge in [-0.05, 0) is 32.2 Å². The molecule has 80 valence electrons. The summed E-state index contributed by atoms with van der Waals surface area (Å²) in [5, 5.41) is 0. The van der Waals surface area contributed by atoms with Crippen molar-refractivity contribution in [1.82, 2.24) is 4.90 Å². The molecule has 0 bridgehead atoms. The van der Waals surface area contributed by atoms with E-state index in [1.807, 2.05) is 0 Å². The summed E-state index contributed by atoms with van der Waals surface area (Å²) in [5.41, 5.74) is 0. The van der Waals surface area contributed by atoms with Gasteiger partial charge in [-0.3, -0.25) is 9.69 Å². The monoisotopic (exact) mass is 197 g/mol. The molecule has 2 heterocycles. The van der Waals surface area contributed by atoms with E-state index in [4.69, 9.17) is 4.74 Å². The topological polar surface area (TPSA) is 29.5 Å². The SMILES string of the molecule is O=C1CCCN(CC2CCCCO2)C1. The summed E-state index contributed by atoms with van der Waals surface area (Å²) in [6, 6.07) is 0. The highest BCUT2D eigenvalue weighted by molar-refractivity contribution is 5.81. The van der Waals surface area contributed by atoms with E-state index in [2.05, 4.69) is 4.90 Å². The van der Waals surface area contributed by atoms with Gasteiger partial charge in [-0.15, -0.1) is 0 Å². The molecule has 0 aromatic heterocycles. The molecule has 0 spiro atoms. The molecule has 1 atom stereocenters. The lowest BCUT2D eigenvalue weighted by molar-refractivity contribution is -0.123. The minimum atomic E-state index is 0.384. The number of rotatable bonds is 2. The molecule has 0 aliphatic carbocycles. The van der Waals surface area contributed by atoms with Gasteiger partial charge in [0.15, 0.2) is 0 Å². The molecule has 0 saturated carbocycles. The van der Waals surface area contributed by atoms with Crippen LogP contribution in [0, 0.1) is 0 Å². The van der Waals surface area contributed by atoms with Crippen molar-refractivity contribution in [3.8, 4) is 0 Å². The number of ether oxygens (including phenoxy) is 1. The molecule has 1 unspecified atom stereocenters. The second-order valence-corrected chi connectivity index (χ2v) is 4.37. The summed E-state index contributed by atoms with van der Waals surface area (Å²) in [7, 11) is 0. The second kappa shape index (κ2) is 4.89. The van der Waals surface area contributed by atoms with Gasteiger partial charge < -0.3 is 4.74 Å². The Morgan fingerprint density at radius 3 is 3.00 bits per heavy atom. The summed E-state index contributed by atoms with van der Waals surface area (Å²) >= 11 is 0. The van der Waals surface area contributed by atoms with Crippen LogP contribution in [-0.2, 0) is 9.53 Å². The number of likely N-dealkylation sites (tertiary alicyclic amines) is 1. The van der Waals surface area contributed by atoms with Gasteiger partial charge in [0.1, 0.15) is 5.78 Å². The highest BCUT2D eigenvalue weighted by Gasteiger charge is 2.21. The van der Waals surface area contributed by atoms with Crippen LogP contribution in [-0.4, -0.2) is 43.0 Å². The average Bonchev–Trinajstić information content (AvgIpc) is 2.19. The predicted molar refractivity (Wildman–Crippen MR) is 54.3 cm³/mol. The van der Waals surface area contributed by atoms with E-state index in [0.717, 1.165) is 32.5 Å². The largest absolute Gasteiger partial charge is 0.377 e. The van der Waals surface area contributed by atoms with Gasteiger partial charge in [0.25, 0.3) is 0 Å². The third kappa shape index (κ3) is 2.79. The number of hydrogen-bond donors (Lipinski definition) is 0. The Kier molecular flexibility index (Phi) is 3.54. The fourth-order valence-electron chi connectivity index (χ4n) is 2.30. The summed E-state index contributed by atoms with van der Waals surface area (Å²) in [6.07, 6.45) is 5.86. The van der Waals surface area contributed by atoms with Crippen molar-refractivity contribution < 1.29 is 9.53 Å². The van der Waals surface area contributed by atoms with Crippen LogP contribution in [0.25, 0.3) is 0 Å². The van der Waals surface area contributed by atoms with Crippen molar-refractivity contribution >= 4 is 5.78 Å². The van der Waals surface area contributed by atoms with Crippen molar-refractivity contribution in [2.24, 2.45) is 0 Å². The van der Waals surface area contributed by atoms with E-state index < -0.39 is 0 Å². The molecule has 3 nitrogen and oxygen atoms in total. The molecular formula is C11H19NO2. The Hall–Kier alpha value is -0.410. The van der Waals surface area contributed by atoms with E-state index in [9.17, 15) is 4.79 Å². The lowest BCUT2D eigenvalue weighted by atomic mass is 10.1. The van der Waals surface area contributed by atoms with Gasteiger partial charge in [0, 0.05) is 19.6 Å². The highest BCUT2D eigenvalue weighted by atomic mass is 16.5. The molecule has 2 aliphatic rings. The van der Waals surface area contributed by atoms with Crippen molar-refractivity contribution in [1.29, 1.82) is 0 Å². The molecule has 0 aromatic carbocycles. The van der Waals surface area contributed by atoms with Crippen LogP contribution < -0.4 is 0 Å². The zero-order valence-corrected chi connectivity index (χ0v) is 8.71. The fraction of sp³-hybridized carbons (Fsp3) is 0.909. The smallest absolute Gasteiger partial charge is 0.146 e. The minimum Gasteiger partial charge on any atom is -0.377 e. The zero-order chi connectivity index (χ0) is 9.80. The molecule has 2 saturated heterocycles. The van der Waals surface area contributed by atoms with Crippen LogP contribution in [0.2, 0.25) is 0 Å². The molecular weight excluding hydrogens is 178 g/mol. The lowest BCUT2D eigenvalue weighted by Gasteiger charge is -2.31. The fourth-order valence-corrected chi connectivity index (χ4v) is 2.30. The number of carbonyl (C=O) groups is 1. The summed E-state index contributed by atoms with van der Waals surface area (Å²) in [4.78, 5) is 13.5. The first-order chi connectivity index (χ1) is 6.84. The second-order valence-electron chi connectivity index (χ2n) is 4.37. The molecule has 0 N–H and O–H groups in total. The summed E-state index contributed by atoms with van der Waals surface area (Å²) in [5.74, 6) is 0.395. The molecule has 0 radical (unpaired) electrons. The highest BCUT2D eigenvalue weighted by Crippen LogP contribution is 2.15. The molecule has 2 fully saturated rings. The van der Waals surface area contributed by atoms with Crippen LogP contribution >= 0.6 is 0 Å². The van der Waals surface area contributed by atoms with Crippen LogP contribution in [0.3, 0.4) is 0 Å². The first-order valence-corrected chi connectivity index (χ1v) is 5.70. The lowest BCUT2D eigenvalue weighted by Crippen LogP contribution is -2.41.